The molecule has 0 spiro atoms. The number of hydrogen-bond acceptors (Lipinski definition) is 7. The molecule has 0 saturated heterocycles. The number of nitrogens with zero attached hydrogens (tertiary/aromatic N) is 3. The van der Waals surface area contributed by atoms with Gasteiger partial charge < -0.3 is 14.1 Å². The van der Waals surface area contributed by atoms with E-state index in [0.29, 0.717) is 5.89 Å². The molecule has 7 heteroatoms. The minimum atomic E-state index is -0.484. The van der Waals surface area contributed by atoms with Crippen molar-refractivity contribution in [2.45, 2.75) is 11.8 Å². The van der Waals surface area contributed by atoms with Crippen LogP contribution < -0.4 is 4.90 Å². The van der Waals surface area contributed by atoms with E-state index in [-0.39, 0.29) is 11.8 Å². The maximum Gasteiger partial charge on any atom is 0.377 e. The average Bonchev–Trinajstić information content (AvgIpc) is 3.09. The fourth-order valence-corrected chi connectivity index (χ4v) is 2.55. The van der Waals surface area contributed by atoms with Crippen molar-refractivity contribution in [2.24, 2.45) is 0 Å². The number of benzene rings is 2. The molecule has 0 atom stereocenters. The van der Waals surface area contributed by atoms with Gasteiger partial charge in [-0.15, -0.1) is 10.2 Å². The normalized spacial score (nSPS) is 10.5. The summed E-state index contributed by atoms with van der Waals surface area (Å²) in [6.07, 6.45) is 0. The van der Waals surface area contributed by atoms with Gasteiger partial charge in [0.2, 0.25) is 5.89 Å². The van der Waals surface area contributed by atoms with Crippen molar-refractivity contribution < 1.29 is 13.9 Å². The summed E-state index contributed by atoms with van der Waals surface area (Å²) in [6.45, 7) is 0.208. The standard InChI is InChI=1S/C18H17N3O3S/c1-21(2)15-10-8-14(9-11-15)16-19-20-17(24-16)25-18(22)23-12-13-6-4-3-5-7-13/h3-11H,12H2,1-2H3. The van der Waals surface area contributed by atoms with Gasteiger partial charge in [-0.1, -0.05) is 30.3 Å². The second-order valence-corrected chi connectivity index (χ2v) is 6.33. The van der Waals surface area contributed by atoms with Gasteiger partial charge in [0.25, 0.3) is 5.22 Å². The Kier molecular flexibility index (Phi) is 5.35. The van der Waals surface area contributed by atoms with Gasteiger partial charge in [-0.3, -0.25) is 0 Å². The molecule has 0 unspecified atom stereocenters. The van der Waals surface area contributed by atoms with Gasteiger partial charge in [0.15, 0.2) is 0 Å². The van der Waals surface area contributed by atoms with Crippen molar-refractivity contribution in [3.8, 4) is 11.5 Å². The molecular weight excluding hydrogens is 338 g/mol. The molecule has 0 N–H and O–H groups in total. The predicted octanol–water partition coefficient (Wildman–Crippen LogP) is 4.23. The van der Waals surface area contributed by atoms with Crippen LogP contribution in [0.1, 0.15) is 5.56 Å². The molecule has 6 nitrogen and oxygen atoms in total. The summed E-state index contributed by atoms with van der Waals surface area (Å²) in [5, 5.41) is 7.53. The number of anilines is 1. The molecule has 0 bridgehead atoms. The van der Waals surface area contributed by atoms with Crippen LogP contribution in [0, 0.1) is 0 Å². The molecule has 0 radical (unpaired) electrons. The lowest BCUT2D eigenvalue weighted by molar-refractivity contribution is 0.168. The number of rotatable bonds is 5. The number of aromatic nitrogens is 2. The summed E-state index contributed by atoms with van der Waals surface area (Å²) in [4.78, 5) is 13.9. The molecule has 3 aromatic rings. The monoisotopic (exact) mass is 355 g/mol. The zero-order valence-corrected chi connectivity index (χ0v) is 14.7. The fraction of sp³-hybridized carbons (Fsp3) is 0.167. The third-order valence-corrected chi connectivity index (χ3v) is 4.03. The molecule has 25 heavy (non-hydrogen) atoms. The maximum atomic E-state index is 11.9. The average molecular weight is 355 g/mol. The molecule has 1 heterocycles. The summed E-state index contributed by atoms with van der Waals surface area (Å²) >= 11 is 0.777. The molecule has 0 saturated carbocycles. The highest BCUT2D eigenvalue weighted by atomic mass is 32.2. The largest absolute Gasteiger partial charge is 0.452 e. The van der Waals surface area contributed by atoms with Gasteiger partial charge in [-0.25, -0.2) is 4.79 Å². The lowest BCUT2D eigenvalue weighted by Gasteiger charge is -2.11. The molecule has 1 aromatic heterocycles. The van der Waals surface area contributed by atoms with Crippen molar-refractivity contribution >= 4 is 22.8 Å². The van der Waals surface area contributed by atoms with E-state index in [9.17, 15) is 4.79 Å². The van der Waals surface area contributed by atoms with Gasteiger partial charge in [0.1, 0.15) is 6.61 Å². The molecule has 0 aliphatic rings. The summed E-state index contributed by atoms with van der Waals surface area (Å²) in [6, 6.07) is 17.2. The van der Waals surface area contributed by atoms with Crippen LogP contribution in [0.4, 0.5) is 10.5 Å². The van der Waals surface area contributed by atoms with Crippen molar-refractivity contribution in [1.82, 2.24) is 10.2 Å². The number of thioether (sulfide) groups is 1. The van der Waals surface area contributed by atoms with Crippen LogP contribution in [0.5, 0.6) is 0 Å². The second-order valence-electron chi connectivity index (χ2n) is 5.44. The SMILES string of the molecule is CN(C)c1ccc(-c2nnc(SC(=O)OCc3ccccc3)o2)cc1. The lowest BCUT2D eigenvalue weighted by atomic mass is 10.2. The third kappa shape index (κ3) is 4.60. The van der Waals surface area contributed by atoms with Crippen LogP contribution in [-0.2, 0) is 11.3 Å². The minimum Gasteiger partial charge on any atom is -0.452 e. The summed E-state index contributed by atoms with van der Waals surface area (Å²) in [5.41, 5.74) is 2.79. The van der Waals surface area contributed by atoms with Crippen LogP contribution in [-0.4, -0.2) is 29.6 Å². The van der Waals surface area contributed by atoms with E-state index in [2.05, 4.69) is 10.2 Å². The first-order chi connectivity index (χ1) is 12.1. The van der Waals surface area contributed by atoms with Crippen LogP contribution in [0.3, 0.4) is 0 Å². The number of hydrogen-bond donors (Lipinski definition) is 0. The highest BCUT2D eigenvalue weighted by Crippen LogP contribution is 2.26. The van der Waals surface area contributed by atoms with Gasteiger partial charge in [0.05, 0.1) is 11.8 Å². The Balaban J connectivity index is 1.58. The molecule has 0 fully saturated rings. The number of carbonyl (C=O) groups is 1. The molecule has 0 amide bonds. The topological polar surface area (TPSA) is 68.5 Å². The van der Waals surface area contributed by atoms with Crippen molar-refractivity contribution in [3.05, 3.63) is 60.2 Å². The Morgan fingerprint density at radius 2 is 1.80 bits per heavy atom. The molecule has 0 aliphatic carbocycles. The first kappa shape index (κ1) is 17.0. The maximum absolute atomic E-state index is 11.9. The minimum absolute atomic E-state index is 0.157. The predicted molar refractivity (Wildman–Crippen MR) is 96.5 cm³/mol. The van der Waals surface area contributed by atoms with Crippen LogP contribution in [0.15, 0.2) is 64.2 Å². The van der Waals surface area contributed by atoms with E-state index in [1.165, 1.54) is 0 Å². The van der Waals surface area contributed by atoms with Crippen molar-refractivity contribution in [3.63, 3.8) is 0 Å². The zero-order valence-electron chi connectivity index (χ0n) is 13.9. The van der Waals surface area contributed by atoms with Gasteiger partial charge in [-0.2, -0.15) is 0 Å². The Labute approximate surface area is 149 Å². The van der Waals surface area contributed by atoms with Gasteiger partial charge in [-0.05, 0) is 29.8 Å². The van der Waals surface area contributed by atoms with E-state index in [0.717, 1.165) is 28.6 Å². The van der Waals surface area contributed by atoms with E-state index in [4.69, 9.17) is 9.15 Å². The Bertz CT molecular complexity index is 832. The lowest BCUT2D eigenvalue weighted by Crippen LogP contribution is -2.07. The Hall–Kier alpha value is -2.80. The quantitative estimate of drug-likeness (QED) is 0.501. The molecule has 3 rings (SSSR count). The van der Waals surface area contributed by atoms with Crippen molar-refractivity contribution in [1.29, 1.82) is 0 Å². The smallest absolute Gasteiger partial charge is 0.377 e. The van der Waals surface area contributed by atoms with E-state index in [1.54, 1.807) is 0 Å². The first-order valence-corrected chi connectivity index (χ1v) is 8.43. The van der Waals surface area contributed by atoms with Crippen LogP contribution >= 0.6 is 11.8 Å². The highest BCUT2D eigenvalue weighted by molar-refractivity contribution is 8.13. The van der Waals surface area contributed by atoms with Crippen molar-refractivity contribution in [2.75, 3.05) is 19.0 Å². The van der Waals surface area contributed by atoms with E-state index >= 15 is 0 Å². The summed E-state index contributed by atoms with van der Waals surface area (Å²) < 4.78 is 10.7. The van der Waals surface area contributed by atoms with Crippen LogP contribution in [0.25, 0.3) is 11.5 Å². The fourth-order valence-electron chi connectivity index (χ4n) is 2.09. The van der Waals surface area contributed by atoms with Gasteiger partial charge >= 0.3 is 5.30 Å². The Morgan fingerprint density at radius 1 is 1.08 bits per heavy atom. The molecule has 0 aliphatic heterocycles. The molecular formula is C18H17N3O3S. The second kappa shape index (κ2) is 7.85. The highest BCUT2D eigenvalue weighted by Gasteiger charge is 2.14. The molecule has 128 valence electrons. The zero-order chi connectivity index (χ0) is 17.6. The van der Waals surface area contributed by atoms with E-state index in [1.807, 2.05) is 73.6 Å². The number of ether oxygens (including phenoxy) is 1. The Morgan fingerprint density at radius 3 is 2.48 bits per heavy atom. The van der Waals surface area contributed by atoms with Gasteiger partial charge in [0, 0.05) is 25.3 Å². The summed E-state index contributed by atoms with van der Waals surface area (Å²) in [7, 11) is 3.94. The number of carbonyl (C=O) groups excluding carboxylic acids is 1. The first-order valence-electron chi connectivity index (χ1n) is 7.61. The van der Waals surface area contributed by atoms with E-state index < -0.39 is 5.30 Å². The summed E-state index contributed by atoms with van der Waals surface area (Å²) in [5.74, 6) is 0.365. The third-order valence-electron chi connectivity index (χ3n) is 3.41. The van der Waals surface area contributed by atoms with Crippen LogP contribution in [0.2, 0.25) is 0 Å². The molecule has 2 aromatic carbocycles.